The second-order valence-corrected chi connectivity index (χ2v) is 4.04. The monoisotopic (exact) mass is 278 g/mol. The summed E-state index contributed by atoms with van der Waals surface area (Å²) < 4.78 is 7.62. The van der Waals surface area contributed by atoms with E-state index in [-0.39, 0.29) is 12.4 Å². The van der Waals surface area contributed by atoms with E-state index < -0.39 is 0 Å². The third-order valence-corrected chi connectivity index (χ3v) is 2.72. The summed E-state index contributed by atoms with van der Waals surface area (Å²) in [6.45, 7) is 3.58. The van der Waals surface area contributed by atoms with Gasteiger partial charge in [0.25, 0.3) is 0 Å². The van der Waals surface area contributed by atoms with Crippen LogP contribution in [0, 0.1) is 0 Å². The van der Waals surface area contributed by atoms with Crippen molar-refractivity contribution in [2.45, 2.75) is 19.9 Å². The fraction of sp³-hybridized carbons (Fsp3) is 0.267. The minimum atomic E-state index is 0. The minimum Gasteiger partial charge on any atom is -0.490 e. The SMILES string of the molecule is CCc1ccc(OC/C=C/Cn2ccnc2)cc1.Cl. The Bertz CT molecular complexity index is 477. The van der Waals surface area contributed by atoms with Gasteiger partial charge >= 0.3 is 0 Å². The molecule has 1 aromatic carbocycles. The van der Waals surface area contributed by atoms with Crippen LogP contribution in [0.2, 0.25) is 0 Å². The largest absolute Gasteiger partial charge is 0.490 e. The number of imidazole rings is 1. The number of aromatic nitrogens is 2. The standard InChI is InChI=1S/C15H18N2O.ClH/c1-2-14-5-7-15(8-6-14)18-12-4-3-10-17-11-9-16-13-17;/h3-9,11,13H,2,10,12H2,1H3;1H/b4-3+;. The maximum Gasteiger partial charge on any atom is 0.119 e. The number of ether oxygens (including phenoxy) is 1. The molecule has 0 bridgehead atoms. The highest BCUT2D eigenvalue weighted by Crippen LogP contribution is 2.12. The molecular weight excluding hydrogens is 260 g/mol. The van der Waals surface area contributed by atoms with Crippen molar-refractivity contribution in [3.63, 3.8) is 0 Å². The van der Waals surface area contributed by atoms with Gasteiger partial charge in [0.1, 0.15) is 12.4 Å². The molecule has 0 aliphatic heterocycles. The second-order valence-electron chi connectivity index (χ2n) is 4.04. The van der Waals surface area contributed by atoms with Crippen LogP contribution in [0.5, 0.6) is 5.75 Å². The molecule has 0 amide bonds. The van der Waals surface area contributed by atoms with Crippen molar-refractivity contribution < 1.29 is 4.74 Å². The molecule has 2 rings (SSSR count). The molecule has 1 aromatic heterocycles. The molecule has 1 heterocycles. The van der Waals surface area contributed by atoms with Crippen molar-refractivity contribution in [1.82, 2.24) is 9.55 Å². The summed E-state index contributed by atoms with van der Waals surface area (Å²) >= 11 is 0. The predicted molar refractivity (Wildman–Crippen MR) is 79.9 cm³/mol. The lowest BCUT2D eigenvalue weighted by Gasteiger charge is -2.03. The summed E-state index contributed by atoms with van der Waals surface area (Å²) in [5.41, 5.74) is 1.33. The van der Waals surface area contributed by atoms with Gasteiger partial charge in [-0.05, 0) is 30.2 Å². The van der Waals surface area contributed by atoms with E-state index in [4.69, 9.17) is 4.74 Å². The third kappa shape index (κ3) is 5.18. The lowest BCUT2D eigenvalue weighted by atomic mass is 10.2. The van der Waals surface area contributed by atoms with Crippen molar-refractivity contribution in [2.24, 2.45) is 0 Å². The molecule has 0 N–H and O–H groups in total. The van der Waals surface area contributed by atoms with Gasteiger partial charge in [-0.3, -0.25) is 0 Å². The zero-order valence-electron chi connectivity index (χ0n) is 11.0. The van der Waals surface area contributed by atoms with E-state index in [1.807, 2.05) is 29.0 Å². The molecule has 0 unspecified atom stereocenters. The van der Waals surface area contributed by atoms with Crippen molar-refractivity contribution in [3.8, 4) is 5.75 Å². The van der Waals surface area contributed by atoms with Gasteiger partial charge in [0.2, 0.25) is 0 Å². The van der Waals surface area contributed by atoms with Crippen LogP contribution in [0.25, 0.3) is 0 Å². The Morgan fingerprint density at radius 1 is 1.21 bits per heavy atom. The Morgan fingerprint density at radius 2 is 2.00 bits per heavy atom. The summed E-state index contributed by atoms with van der Waals surface area (Å²) in [7, 11) is 0. The third-order valence-electron chi connectivity index (χ3n) is 2.72. The number of nitrogens with zero attached hydrogens (tertiary/aromatic N) is 2. The topological polar surface area (TPSA) is 27.1 Å². The first-order valence-electron chi connectivity index (χ1n) is 6.21. The highest BCUT2D eigenvalue weighted by molar-refractivity contribution is 5.85. The van der Waals surface area contributed by atoms with Crippen LogP contribution >= 0.6 is 12.4 Å². The Labute approximate surface area is 120 Å². The molecule has 0 aliphatic rings. The van der Waals surface area contributed by atoms with E-state index in [1.165, 1.54) is 5.56 Å². The molecule has 4 heteroatoms. The average molecular weight is 279 g/mol. The summed E-state index contributed by atoms with van der Waals surface area (Å²) in [5.74, 6) is 0.916. The first-order chi connectivity index (χ1) is 8.88. The summed E-state index contributed by atoms with van der Waals surface area (Å²) in [5, 5.41) is 0. The van der Waals surface area contributed by atoms with Gasteiger partial charge in [-0.2, -0.15) is 0 Å². The summed E-state index contributed by atoms with van der Waals surface area (Å²) in [6.07, 6.45) is 10.7. The zero-order valence-corrected chi connectivity index (χ0v) is 11.8. The van der Waals surface area contributed by atoms with Crippen LogP contribution in [0.1, 0.15) is 12.5 Å². The number of halogens is 1. The van der Waals surface area contributed by atoms with E-state index in [1.54, 1.807) is 12.5 Å². The highest BCUT2D eigenvalue weighted by Gasteiger charge is 1.92. The molecule has 0 fully saturated rings. The van der Waals surface area contributed by atoms with Gasteiger partial charge in [-0.25, -0.2) is 4.98 Å². The molecule has 0 aliphatic carbocycles. The van der Waals surface area contributed by atoms with Crippen molar-refractivity contribution in [2.75, 3.05) is 6.61 Å². The molecule has 0 radical (unpaired) electrons. The van der Waals surface area contributed by atoms with Gasteiger partial charge in [0, 0.05) is 18.9 Å². The Hall–Kier alpha value is -1.74. The first kappa shape index (κ1) is 15.3. The van der Waals surface area contributed by atoms with Crippen LogP contribution in [0.15, 0.2) is 55.1 Å². The van der Waals surface area contributed by atoms with E-state index in [2.05, 4.69) is 30.1 Å². The highest BCUT2D eigenvalue weighted by atomic mass is 35.5. The van der Waals surface area contributed by atoms with Gasteiger partial charge in [0.15, 0.2) is 0 Å². The lowest BCUT2D eigenvalue weighted by Crippen LogP contribution is -1.95. The van der Waals surface area contributed by atoms with Crippen LogP contribution in [-0.4, -0.2) is 16.2 Å². The van der Waals surface area contributed by atoms with Gasteiger partial charge in [-0.1, -0.05) is 25.1 Å². The maximum atomic E-state index is 5.61. The van der Waals surface area contributed by atoms with E-state index >= 15 is 0 Å². The number of allylic oxidation sites excluding steroid dienone is 1. The molecule has 2 aromatic rings. The Kier molecular flexibility index (Phi) is 6.75. The number of benzene rings is 1. The van der Waals surface area contributed by atoms with Crippen molar-refractivity contribution >= 4 is 12.4 Å². The quantitative estimate of drug-likeness (QED) is 0.756. The Morgan fingerprint density at radius 3 is 2.63 bits per heavy atom. The van der Waals surface area contributed by atoms with Crippen molar-refractivity contribution in [1.29, 1.82) is 0 Å². The molecule has 102 valence electrons. The number of hydrogen-bond donors (Lipinski definition) is 0. The van der Waals surface area contributed by atoms with Gasteiger partial charge < -0.3 is 9.30 Å². The molecule has 0 atom stereocenters. The number of rotatable bonds is 6. The average Bonchev–Trinajstić information content (AvgIpc) is 2.92. The van der Waals surface area contributed by atoms with Crippen LogP contribution in [-0.2, 0) is 13.0 Å². The maximum absolute atomic E-state index is 5.61. The van der Waals surface area contributed by atoms with Gasteiger partial charge in [0.05, 0.1) is 6.33 Å². The Balaban J connectivity index is 0.00000180. The first-order valence-corrected chi connectivity index (χ1v) is 6.21. The fourth-order valence-corrected chi connectivity index (χ4v) is 1.62. The molecule has 0 saturated heterocycles. The van der Waals surface area contributed by atoms with Crippen LogP contribution < -0.4 is 4.74 Å². The fourth-order valence-electron chi connectivity index (χ4n) is 1.62. The molecule has 19 heavy (non-hydrogen) atoms. The van der Waals surface area contributed by atoms with Crippen molar-refractivity contribution in [3.05, 3.63) is 60.7 Å². The normalized spacial score (nSPS) is 10.4. The van der Waals surface area contributed by atoms with Crippen LogP contribution in [0.4, 0.5) is 0 Å². The number of aryl methyl sites for hydroxylation is 1. The molecule has 3 nitrogen and oxygen atoms in total. The minimum absolute atomic E-state index is 0. The van der Waals surface area contributed by atoms with Crippen LogP contribution in [0.3, 0.4) is 0 Å². The smallest absolute Gasteiger partial charge is 0.119 e. The van der Waals surface area contributed by atoms with Gasteiger partial charge in [-0.15, -0.1) is 12.4 Å². The molecule has 0 spiro atoms. The zero-order chi connectivity index (χ0) is 12.6. The lowest BCUT2D eigenvalue weighted by molar-refractivity contribution is 0.362. The summed E-state index contributed by atoms with van der Waals surface area (Å²) in [6, 6.07) is 8.24. The van der Waals surface area contributed by atoms with E-state index in [0.29, 0.717) is 6.61 Å². The predicted octanol–water partition coefficient (Wildman–Crippen LogP) is 3.50. The van der Waals surface area contributed by atoms with E-state index in [9.17, 15) is 0 Å². The van der Waals surface area contributed by atoms with E-state index in [0.717, 1.165) is 18.7 Å². The number of hydrogen-bond acceptors (Lipinski definition) is 2. The summed E-state index contributed by atoms with van der Waals surface area (Å²) in [4.78, 5) is 3.98. The second kappa shape index (κ2) is 8.38. The molecule has 0 saturated carbocycles. The molecular formula is C15H19ClN2O.